The lowest BCUT2D eigenvalue weighted by atomic mass is 10.3. The van der Waals surface area contributed by atoms with Crippen LogP contribution in [0.2, 0.25) is 0 Å². The summed E-state index contributed by atoms with van der Waals surface area (Å²) in [6, 6.07) is 9.68. The molecule has 0 fully saturated rings. The van der Waals surface area contributed by atoms with Gasteiger partial charge in [0.1, 0.15) is 5.76 Å². The molecule has 5 nitrogen and oxygen atoms in total. The standard InChI is InChI=1S/C17H22N4O/c1-14(2)12-20-17(19-10-8-16-7-5-11-22-16)21-13-15-6-3-4-9-18-15/h3-7,9,11H,1,8,10,12-13H2,2H3,(H2,19,20,21). The summed E-state index contributed by atoms with van der Waals surface area (Å²) in [6.45, 7) is 7.84. The van der Waals surface area contributed by atoms with Gasteiger partial charge in [-0.1, -0.05) is 18.2 Å². The molecule has 0 saturated heterocycles. The lowest BCUT2D eigenvalue weighted by Crippen LogP contribution is -2.39. The van der Waals surface area contributed by atoms with Gasteiger partial charge >= 0.3 is 0 Å². The molecule has 22 heavy (non-hydrogen) atoms. The normalized spacial score (nSPS) is 11.2. The Bertz CT molecular complexity index is 590. The average Bonchev–Trinajstić information content (AvgIpc) is 3.03. The fraction of sp³-hybridized carbons (Fsp3) is 0.294. The molecule has 0 aliphatic rings. The molecule has 2 heterocycles. The molecular formula is C17H22N4O. The third kappa shape index (κ3) is 5.83. The molecule has 2 aromatic rings. The van der Waals surface area contributed by atoms with Crippen LogP contribution in [-0.4, -0.2) is 24.0 Å². The minimum atomic E-state index is 0.535. The van der Waals surface area contributed by atoms with Crippen molar-refractivity contribution in [1.82, 2.24) is 15.6 Å². The van der Waals surface area contributed by atoms with Crippen molar-refractivity contribution in [2.75, 3.05) is 13.1 Å². The van der Waals surface area contributed by atoms with Crippen LogP contribution in [0.15, 0.2) is 64.4 Å². The van der Waals surface area contributed by atoms with E-state index in [1.165, 1.54) is 0 Å². The van der Waals surface area contributed by atoms with E-state index in [4.69, 9.17) is 4.42 Å². The highest BCUT2D eigenvalue weighted by Crippen LogP contribution is 2.00. The number of guanidine groups is 1. The van der Waals surface area contributed by atoms with Gasteiger partial charge < -0.3 is 15.1 Å². The fourth-order valence-electron chi connectivity index (χ4n) is 1.82. The first-order valence-electron chi connectivity index (χ1n) is 7.33. The second kappa shape index (κ2) is 8.67. The Balaban J connectivity index is 1.88. The second-order valence-corrected chi connectivity index (χ2v) is 5.05. The van der Waals surface area contributed by atoms with Crippen molar-refractivity contribution in [3.63, 3.8) is 0 Å². The molecule has 2 N–H and O–H groups in total. The van der Waals surface area contributed by atoms with Gasteiger partial charge in [0.05, 0.1) is 18.5 Å². The number of pyridine rings is 1. The van der Waals surface area contributed by atoms with Crippen LogP contribution in [0, 0.1) is 0 Å². The van der Waals surface area contributed by atoms with Gasteiger partial charge in [-0.2, -0.15) is 0 Å². The van der Waals surface area contributed by atoms with Crippen molar-refractivity contribution in [2.24, 2.45) is 4.99 Å². The highest BCUT2D eigenvalue weighted by molar-refractivity contribution is 5.80. The zero-order valence-electron chi connectivity index (χ0n) is 12.9. The molecule has 0 aliphatic heterocycles. The van der Waals surface area contributed by atoms with Crippen LogP contribution in [0.3, 0.4) is 0 Å². The predicted molar refractivity (Wildman–Crippen MR) is 88.6 cm³/mol. The SMILES string of the molecule is C=C(C)CNC(=NCc1ccccn1)NCCc1ccco1. The van der Waals surface area contributed by atoms with Gasteiger partial charge in [-0.05, 0) is 31.2 Å². The summed E-state index contributed by atoms with van der Waals surface area (Å²) in [5.74, 6) is 1.71. The molecule has 116 valence electrons. The average molecular weight is 298 g/mol. The predicted octanol–water partition coefficient (Wildman–Crippen LogP) is 2.53. The van der Waals surface area contributed by atoms with Crippen molar-refractivity contribution >= 4 is 5.96 Å². The number of aliphatic imine (C=N–C) groups is 1. The Morgan fingerprint density at radius 1 is 1.27 bits per heavy atom. The van der Waals surface area contributed by atoms with E-state index in [2.05, 4.69) is 27.2 Å². The minimum Gasteiger partial charge on any atom is -0.469 e. The van der Waals surface area contributed by atoms with Crippen LogP contribution in [-0.2, 0) is 13.0 Å². The van der Waals surface area contributed by atoms with E-state index in [-0.39, 0.29) is 0 Å². The smallest absolute Gasteiger partial charge is 0.191 e. The monoisotopic (exact) mass is 298 g/mol. The molecule has 5 heteroatoms. The van der Waals surface area contributed by atoms with Crippen molar-refractivity contribution in [1.29, 1.82) is 0 Å². The highest BCUT2D eigenvalue weighted by Gasteiger charge is 2.01. The Kier molecular flexibility index (Phi) is 6.23. The molecule has 2 rings (SSSR count). The molecule has 0 amide bonds. The first-order chi connectivity index (χ1) is 10.7. The Morgan fingerprint density at radius 2 is 2.18 bits per heavy atom. The van der Waals surface area contributed by atoms with Gasteiger partial charge in [0.15, 0.2) is 5.96 Å². The van der Waals surface area contributed by atoms with Gasteiger partial charge in [-0.25, -0.2) is 4.99 Å². The van der Waals surface area contributed by atoms with Crippen molar-refractivity contribution in [2.45, 2.75) is 19.9 Å². The molecule has 0 spiro atoms. The van der Waals surface area contributed by atoms with Gasteiger partial charge in [0.2, 0.25) is 0 Å². The molecule has 0 radical (unpaired) electrons. The topological polar surface area (TPSA) is 62.5 Å². The summed E-state index contributed by atoms with van der Waals surface area (Å²) in [5, 5.41) is 6.54. The van der Waals surface area contributed by atoms with E-state index in [1.807, 2.05) is 37.3 Å². The third-order valence-corrected chi connectivity index (χ3v) is 2.93. The van der Waals surface area contributed by atoms with E-state index in [1.54, 1.807) is 12.5 Å². The largest absolute Gasteiger partial charge is 0.469 e. The van der Waals surface area contributed by atoms with Gasteiger partial charge in [-0.15, -0.1) is 0 Å². The van der Waals surface area contributed by atoms with Crippen LogP contribution in [0.1, 0.15) is 18.4 Å². The maximum absolute atomic E-state index is 5.32. The number of nitrogens with zero attached hydrogens (tertiary/aromatic N) is 2. The molecule has 0 bridgehead atoms. The summed E-state index contributed by atoms with van der Waals surface area (Å²) in [4.78, 5) is 8.82. The van der Waals surface area contributed by atoms with Crippen LogP contribution in [0.25, 0.3) is 0 Å². The number of aromatic nitrogens is 1. The molecule has 0 saturated carbocycles. The minimum absolute atomic E-state index is 0.535. The third-order valence-electron chi connectivity index (χ3n) is 2.93. The second-order valence-electron chi connectivity index (χ2n) is 5.05. The molecule has 2 aromatic heterocycles. The molecule has 0 aliphatic carbocycles. The van der Waals surface area contributed by atoms with E-state index >= 15 is 0 Å². The molecule has 0 atom stereocenters. The Morgan fingerprint density at radius 3 is 2.86 bits per heavy atom. The van der Waals surface area contributed by atoms with Crippen LogP contribution >= 0.6 is 0 Å². The maximum Gasteiger partial charge on any atom is 0.191 e. The number of nitrogens with one attached hydrogen (secondary N) is 2. The summed E-state index contributed by atoms with van der Waals surface area (Å²) in [7, 11) is 0. The number of rotatable bonds is 7. The number of hydrogen-bond donors (Lipinski definition) is 2. The van der Waals surface area contributed by atoms with Crippen LogP contribution < -0.4 is 10.6 Å². The Labute approximate surface area is 131 Å². The van der Waals surface area contributed by atoms with Crippen molar-refractivity contribution in [3.05, 3.63) is 66.4 Å². The summed E-state index contributed by atoms with van der Waals surface area (Å²) in [5.41, 5.74) is 1.99. The molecular weight excluding hydrogens is 276 g/mol. The summed E-state index contributed by atoms with van der Waals surface area (Å²) >= 11 is 0. The number of hydrogen-bond acceptors (Lipinski definition) is 3. The van der Waals surface area contributed by atoms with E-state index in [0.717, 1.165) is 36.0 Å². The fourth-order valence-corrected chi connectivity index (χ4v) is 1.82. The van der Waals surface area contributed by atoms with Crippen LogP contribution in [0.4, 0.5) is 0 Å². The van der Waals surface area contributed by atoms with Gasteiger partial charge in [-0.3, -0.25) is 4.98 Å². The van der Waals surface area contributed by atoms with E-state index < -0.39 is 0 Å². The van der Waals surface area contributed by atoms with E-state index in [0.29, 0.717) is 13.1 Å². The first kappa shape index (κ1) is 15.8. The van der Waals surface area contributed by atoms with Gasteiger partial charge in [0, 0.05) is 25.7 Å². The maximum atomic E-state index is 5.32. The lowest BCUT2D eigenvalue weighted by molar-refractivity contribution is 0.507. The highest BCUT2D eigenvalue weighted by atomic mass is 16.3. The van der Waals surface area contributed by atoms with Crippen LogP contribution in [0.5, 0.6) is 0 Å². The lowest BCUT2D eigenvalue weighted by Gasteiger charge is -2.12. The number of furan rings is 1. The van der Waals surface area contributed by atoms with Crippen molar-refractivity contribution < 1.29 is 4.42 Å². The van der Waals surface area contributed by atoms with Crippen molar-refractivity contribution in [3.8, 4) is 0 Å². The summed E-state index contributed by atoms with van der Waals surface area (Å²) < 4.78 is 5.32. The zero-order valence-corrected chi connectivity index (χ0v) is 12.9. The Hall–Kier alpha value is -2.56. The first-order valence-corrected chi connectivity index (χ1v) is 7.33. The molecule has 0 unspecified atom stereocenters. The zero-order chi connectivity index (χ0) is 15.6. The quantitative estimate of drug-likeness (QED) is 0.468. The molecule has 0 aromatic carbocycles. The van der Waals surface area contributed by atoms with Gasteiger partial charge in [0.25, 0.3) is 0 Å². The van der Waals surface area contributed by atoms with E-state index in [9.17, 15) is 0 Å². The summed E-state index contributed by atoms with van der Waals surface area (Å²) in [6.07, 6.45) is 4.27.